The van der Waals surface area contributed by atoms with Crippen LogP contribution in [0.3, 0.4) is 0 Å². The van der Waals surface area contributed by atoms with Gasteiger partial charge in [0.1, 0.15) is 0 Å². The molecule has 0 saturated carbocycles. The topological polar surface area (TPSA) is 56.1 Å². The van der Waals surface area contributed by atoms with Gasteiger partial charge in [0.15, 0.2) is 0 Å². The van der Waals surface area contributed by atoms with Crippen molar-refractivity contribution in [2.45, 2.75) is 31.7 Å². The van der Waals surface area contributed by atoms with E-state index in [0.717, 1.165) is 64.0 Å². The van der Waals surface area contributed by atoms with Crippen LogP contribution in [-0.4, -0.2) is 59.3 Å². The van der Waals surface area contributed by atoms with Crippen LogP contribution in [0.25, 0.3) is 0 Å². The Balaban J connectivity index is 2.00. The minimum atomic E-state index is 0.230. The fraction of sp³-hybridized carbons (Fsp3) is 0.692. The van der Waals surface area contributed by atoms with Crippen molar-refractivity contribution in [3.8, 4) is 0 Å². The average Bonchev–Trinajstić information content (AvgIpc) is 2.39. The van der Waals surface area contributed by atoms with Gasteiger partial charge in [0.25, 0.3) is 0 Å². The summed E-state index contributed by atoms with van der Waals surface area (Å²) >= 11 is 0. The molecule has 5 heteroatoms. The fourth-order valence-corrected chi connectivity index (χ4v) is 2.72. The minimum Gasteiger partial charge on any atom is -0.411 e. The number of oxime groups is 1. The predicted molar refractivity (Wildman–Crippen MR) is 69.8 cm³/mol. The number of hydrogen-bond donors (Lipinski definition) is 1. The van der Waals surface area contributed by atoms with E-state index in [1.165, 1.54) is 0 Å². The van der Waals surface area contributed by atoms with E-state index in [0.29, 0.717) is 0 Å². The van der Waals surface area contributed by atoms with Crippen LogP contribution < -0.4 is 0 Å². The summed E-state index contributed by atoms with van der Waals surface area (Å²) < 4.78 is 0. The zero-order valence-electron chi connectivity index (χ0n) is 10.7. The molecule has 0 aromatic carbocycles. The van der Waals surface area contributed by atoms with Gasteiger partial charge in [-0.15, -0.1) is 0 Å². The van der Waals surface area contributed by atoms with Gasteiger partial charge >= 0.3 is 0 Å². The molecule has 100 valence electrons. The summed E-state index contributed by atoms with van der Waals surface area (Å²) in [6.45, 7) is 3.28. The van der Waals surface area contributed by atoms with Gasteiger partial charge in [-0.2, -0.15) is 0 Å². The Kier molecular flexibility index (Phi) is 4.75. The Bertz CT molecular complexity index is 333. The van der Waals surface area contributed by atoms with Gasteiger partial charge < -0.3 is 10.1 Å². The first-order chi connectivity index (χ1) is 8.85. The molecule has 0 aromatic heterocycles. The van der Waals surface area contributed by atoms with Gasteiger partial charge in [-0.3, -0.25) is 9.69 Å². The highest BCUT2D eigenvalue weighted by Crippen LogP contribution is 2.18. The second-order valence-corrected chi connectivity index (χ2v) is 4.87. The van der Waals surface area contributed by atoms with Crippen LogP contribution in [-0.2, 0) is 4.79 Å². The Morgan fingerprint density at radius 2 is 1.94 bits per heavy atom. The third-order valence-electron chi connectivity index (χ3n) is 3.79. The molecule has 1 heterocycles. The van der Waals surface area contributed by atoms with E-state index in [-0.39, 0.29) is 6.04 Å². The lowest BCUT2D eigenvalue weighted by Gasteiger charge is -2.38. The van der Waals surface area contributed by atoms with E-state index in [2.05, 4.69) is 22.2 Å². The molecule has 1 saturated heterocycles. The quantitative estimate of drug-likeness (QED) is 0.346. The van der Waals surface area contributed by atoms with Crippen LogP contribution in [0.5, 0.6) is 0 Å². The summed E-state index contributed by atoms with van der Waals surface area (Å²) in [4.78, 5) is 14.8. The second kappa shape index (κ2) is 6.54. The number of amides is 1. The molecule has 0 radical (unpaired) electrons. The monoisotopic (exact) mass is 251 g/mol. The summed E-state index contributed by atoms with van der Waals surface area (Å²) in [5, 5.41) is 12.7. The summed E-state index contributed by atoms with van der Waals surface area (Å²) in [6, 6.07) is 0.230. The Hall–Kier alpha value is -1.36. The lowest BCUT2D eigenvalue weighted by atomic mass is 9.96. The number of piperazine rings is 1. The van der Waals surface area contributed by atoms with Crippen LogP contribution >= 0.6 is 0 Å². The van der Waals surface area contributed by atoms with Crippen molar-refractivity contribution in [3.63, 3.8) is 0 Å². The first-order valence-electron chi connectivity index (χ1n) is 6.64. The third kappa shape index (κ3) is 3.10. The first kappa shape index (κ1) is 13.1. The van der Waals surface area contributed by atoms with Crippen LogP contribution in [0.2, 0.25) is 0 Å². The standard InChI is InChI=1S/C13H21N3O2/c17-11-15-7-9-16(10-8-15)13-6-4-2-1-3-5-12(13)14-18/h1-2,11,13,18H,3-10H2/b2-1?,14-12-/t13-/m1/s1. The number of rotatable bonds is 2. The smallest absolute Gasteiger partial charge is 0.209 e. The maximum absolute atomic E-state index is 10.7. The number of nitrogens with zero attached hydrogens (tertiary/aromatic N) is 3. The van der Waals surface area contributed by atoms with Crippen molar-refractivity contribution in [1.29, 1.82) is 0 Å². The van der Waals surface area contributed by atoms with Crippen LogP contribution in [0.1, 0.15) is 25.7 Å². The minimum absolute atomic E-state index is 0.230. The Morgan fingerprint density at radius 1 is 1.22 bits per heavy atom. The zero-order valence-corrected chi connectivity index (χ0v) is 10.7. The van der Waals surface area contributed by atoms with E-state index < -0.39 is 0 Å². The predicted octanol–water partition coefficient (Wildman–Crippen LogP) is 1.09. The zero-order chi connectivity index (χ0) is 12.8. The molecule has 2 aliphatic rings. The fourth-order valence-electron chi connectivity index (χ4n) is 2.72. The molecule has 5 nitrogen and oxygen atoms in total. The number of hydrogen-bond acceptors (Lipinski definition) is 4. The largest absolute Gasteiger partial charge is 0.411 e. The molecule has 0 unspecified atom stereocenters. The summed E-state index contributed by atoms with van der Waals surface area (Å²) in [7, 11) is 0. The molecular weight excluding hydrogens is 230 g/mol. The van der Waals surface area contributed by atoms with Crippen molar-refractivity contribution in [1.82, 2.24) is 9.80 Å². The highest BCUT2D eigenvalue weighted by atomic mass is 16.4. The normalized spacial score (nSPS) is 29.0. The van der Waals surface area contributed by atoms with Crippen molar-refractivity contribution >= 4 is 12.1 Å². The van der Waals surface area contributed by atoms with Crippen LogP contribution in [0.4, 0.5) is 0 Å². The summed E-state index contributed by atoms with van der Waals surface area (Å²) in [6.07, 6.45) is 9.08. The van der Waals surface area contributed by atoms with E-state index >= 15 is 0 Å². The number of carbonyl (C=O) groups excluding carboxylic acids is 1. The molecule has 0 bridgehead atoms. The van der Waals surface area contributed by atoms with Crippen molar-refractivity contribution < 1.29 is 10.0 Å². The molecule has 1 aliphatic carbocycles. The Morgan fingerprint density at radius 3 is 2.61 bits per heavy atom. The van der Waals surface area contributed by atoms with Crippen molar-refractivity contribution in [3.05, 3.63) is 12.2 Å². The lowest BCUT2D eigenvalue weighted by Crippen LogP contribution is -2.52. The summed E-state index contributed by atoms with van der Waals surface area (Å²) in [5.41, 5.74) is 0.888. The van der Waals surface area contributed by atoms with E-state index in [4.69, 9.17) is 0 Å². The van der Waals surface area contributed by atoms with Gasteiger partial charge in [-0.1, -0.05) is 17.3 Å². The van der Waals surface area contributed by atoms with Gasteiger partial charge in [-0.05, 0) is 25.7 Å². The number of allylic oxidation sites excluding steroid dienone is 2. The molecular formula is C13H21N3O2. The van der Waals surface area contributed by atoms with Crippen LogP contribution in [0, 0.1) is 0 Å². The van der Waals surface area contributed by atoms with Gasteiger partial charge in [0.05, 0.1) is 11.8 Å². The van der Waals surface area contributed by atoms with Gasteiger partial charge in [-0.25, -0.2) is 0 Å². The first-order valence-corrected chi connectivity index (χ1v) is 6.64. The van der Waals surface area contributed by atoms with E-state index in [9.17, 15) is 10.0 Å². The average molecular weight is 251 g/mol. The SMILES string of the molecule is O=CN1CCN([C@@H]2CCC=CCC/C2=N/O)CC1. The highest BCUT2D eigenvalue weighted by Gasteiger charge is 2.27. The Labute approximate surface area is 108 Å². The maximum atomic E-state index is 10.7. The summed E-state index contributed by atoms with van der Waals surface area (Å²) in [5.74, 6) is 0. The molecule has 1 atom stereocenters. The van der Waals surface area contributed by atoms with Crippen LogP contribution in [0.15, 0.2) is 17.3 Å². The third-order valence-corrected chi connectivity index (χ3v) is 3.79. The molecule has 1 aliphatic heterocycles. The molecule has 0 spiro atoms. The molecule has 2 rings (SSSR count). The highest BCUT2D eigenvalue weighted by molar-refractivity contribution is 5.89. The molecule has 1 fully saturated rings. The molecule has 1 amide bonds. The number of carbonyl (C=O) groups is 1. The van der Waals surface area contributed by atoms with Gasteiger partial charge in [0, 0.05) is 26.2 Å². The molecule has 18 heavy (non-hydrogen) atoms. The van der Waals surface area contributed by atoms with E-state index in [1.807, 2.05) is 0 Å². The maximum Gasteiger partial charge on any atom is 0.209 e. The van der Waals surface area contributed by atoms with E-state index in [1.54, 1.807) is 4.90 Å². The molecule has 0 aromatic rings. The van der Waals surface area contributed by atoms with Crippen molar-refractivity contribution in [2.75, 3.05) is 26.2 Å². The molecule has 1 N–H and O–H groups in total. The van der Waals surface area contributed by atoms with Gasteiger partial charge in [0.2, 0.25) is 6.41 Å². The lowest BCUT2D eigenvalue weighted by molar-refractivity contribution is -0.119. The van der Waals surface area contributed by atoms with Crippen molar-refractivity contribution in [2.24, 2.45) is 5.16 Å². The second-order valence-electron chi connectivity index (χ2n) is 4.87.